The number of nitrogens with one attached hydrogen (secondary N) is 1. The van der Waals surface area contributed by atoms with Crippen LogP contribution in [0.1, 0.15) is 38.5 Å². The quantitative estimate of drug-likeness (QED) is 0.804. The molecule has 4 bridgehead atoms. The van der Waals surface area contributed by atoms with Gasteiger partial charge in [-0.15, -0.1) is 0 Å². The van der Waals surface area contributed by atoms with Gasteiger partial charge < -0.3 is 11.1 Å². The van der Waals surface area contributed by atoms with Gasteiger partial charge in [0.2, 0.25) is 0 Å². The van der Waals surface area contributed by atoms with Crippen molar-refractivity contribution in [3.8, 4) is 0 Å². The zero-order valence-electron chi connectivity index (χ0n) is 11.5. The van der Waals surface area contributed by atoms with Crippen molar-refractivity contribution in [1.82, 2.24) is 0 Å². The molecular formula is C16H20F2N2. The Labute approximate surface area is 117 Å². The molecule has 0 atom stereocenters. The Bertz CT molecular complexity index is 520. The Morgan fingerprint density at radius 3 is 2.10 bits per heavy atom. The van der Waals surface area contributed by atoms with Gasteiger partial charge in [-0.1, -0.05) is 0 Å². The van der Waals surface area contributed by atoms with E-state index >= 15 is 0 Å². The first kappa shape index (κ1) is 12.4. The van der Waals surface area contributed by atoms with E-state index in [1.807, 2.05) is 0 Å². The van der Waals surface area contributed by atoms with Crippen LogP contribution in [0.3, 0.4) is 0 Å². The highest BCUT2D eigenvalue weighted by Crippen LogP contribution is 2.56. The number of nitrogens with two attached hydrogens (primary N) is 1. The van der Waals surface area contributed by atoms with Crippen LogP contribution in [0, 0.1) is 29.4 Å². The molecule has 0 amide bonds. The lowest BCUT2D eigenvalue weighted by atomic mass is 9.53. The number of hydrogen-bond donors (Lipinski definition) is 2. The van der Waals surface area contributed by atoms with E-state index in [9.17, 15) is 8.78 Å². The van der Waals surface area contributed by atoms with Gasteiger partial charge in [-0.2, -0.15) is 0 Å². The lowest BCUT2D eigenvalue weighted by Gasteiger charge is -2.57. The summed E-state index contributed by atoms with van der Waals surface area (Å²) in [5.41, 5.74) is 6.27. The summed E-state index contributed by atoms with van der Waals surface area (Å²) in [6, 6.07) is 2.18. The van der Waals surface area contributed by atoms with Crippen LogP contribution < -0.4 is 11.1 Å². The number of rotatable bonds is 2. The second-order valence-corrected chi connectivity index (χ2v) is 7.17. The Morgan fingerprint density at radius 1 is 1.00 bits per heavy atom. The van der Waals surface area contributed by atoms with E-state index < -0.39 is 11.6 Å². The minimum atomic E-state index is -0.669. The topological polar surface area (TPSA) is 38.0 Å². The molecule has 0 aliphatic heterocycles. The van der Waals surface area contributed by atoms with E-state index in [2.05, 4.69) is 5.32 Å². The fourth-order valence-corrected chi connectivity index (χ4v) is 5.24. The molecule has 0 heterocycles. The van der Waals surface area contributed by atoms with Gasteiger partial charge in [-0.05, 0) is 62.3 Å². The van der Waals surface area contributed by atoms with Crippen LogP contribution in [0.15, 0.2) is 12.1 Å². The fraction of sp³-hybridized carbons (Fsp3) is 0.625. The first-order chi connectivity index (χ1) is 9.53. The van der Waals surface area contributed by atoms with Crippen molar-refractivity contribution in [2.45, 2.75) is 44.1 Å². The number of halogens is 2. The summed E-state index contributed by atoms with van der Waals surface area (Å²) in [7, 11) is 0. The van der Waals surface area contributed by atoms with Crippen LogP contribution in [-0.4, -0.2) is 5.54 Å². The Balaban J connectivity index is 1.66. The predicted molar refractivity (Wildman–Crippen MR) is 75.3 cm³/mol. The molecule has 4 aliphatic carbocycles. The van der Waals surface area contributed by atoms with Crippen LogP contribution in [-0.2, 0) is 0 Å². The summed E-state index contributed by atoms with van der Waals surface area (Å²) in [4.78, 5) is 0. The predicted octanol–water partition coefficient (Wildman–Crippen LogP) is 3.93. The van der Waals surface area contributed by atoms with Crippen molar-refractivity contribution in [3.63, 3.8) is 0 Å². The van der Waals surface area contributed by atoms with E-state index in [-0.39, 0.29) is 11.2 Å². The van der Waals surface area contributed by atoms with Crippen molar-refractivity contribution >= 4 is 11.4 Å². The summed E-state index contributed by atoms with van der Waals surface area (Å²) in [6.07, 6.45) is 7.39. The first-order valence-electron chi connectivity index (χ1n) is 7.56. The van der Waals surface area contributed by atoms with Gasteiger partial charge in [0, 0.05) is 11.6 Å². The van der Waals surface area contributed by atoms with Crippen LogP contribution >= 0.6 is 0 Å². The van der Waals surface area contributed by atoms with Gasteiger partial charge >= 0.3 is 0 Å². The average Bonchev–Trinajstić information content (AvgIpc) is 2.33. The molecule has 4 aliphatic rings. The largest absolute Gasteiger partial charge is 0.395 e. The molecule has 0 aromatic heterocycles. The number of nitrogen functional groups attached to an aromatic ring is 1. The Morgan fingerprint density at radius 2 is 1.55 bits per heavy atom. The molecule has 4 fully saturated rings. The molecule has 2 nitrogen and oxygen atoms in total. The minimum absolute atomic E-state index is 0.0170. The lowest BCUT2D eigenvalue weighted by molar-refractivity contribution is 0.0107. The molecule has 0 unspecified atom stereocenters. The van der Waals surface area contributed by atoms with Crippen molar-refractivity contribution in [1.29, 1.82) is 0 Å². The molecule has 1 aromatic carbocycles. The maximum absolute atomic E-state index is 13.6. The molecule has 108 valence electrons. The summed E-state index contributed by atoms with van der Waals surface area (Å²) in [5.74, 6) is 1.12. The third-order valence-corrected chi connectivity index (χ3v) is 5.53. The van der Waals surface area contributed by atoms with Crippen molar-refractivity contribution in [2.75, 3.05) is 11.1 Å². The molecule has 4 saturated carbocycles. The molecule has 3 N–H and O–H groups in total. The summed E-state index contributed by atoms with van der Waals surface area (Å²) >= 11 is 0. The number of hydrogen-bond acceptors (Lipinski definition) is 2. The van der Waals surface area contributed by atoms with Gasteiger partial charge in [-0.25, -0.2) is 8.78 Å². The van der Waals surface area contributed by atoms with Crippen LogP contribution in [0.4, 0.5) is 20.2 Å². The van der Waals surface area contributed by atoms with Crippen LogP contribution in [0.25, 0.3) is 0 Å². The third-order valence-electron chi connectivity index (χ3n) is 5.53. The Kier molecular flexibility index (Phi) is 2.54. The van der Waals surface area contributed by atoms with Crippen LogP contribution in [0.2, 0.25) is 0 Å². The van der Waals surface area contributed by atoms with E-state index in [4.69, 9.17) is 5.73 Å². The zero-order valence-corrected chi connectivity index (χ0v) is 11.5. The smallest absolute Gasteiger partial charge is 0.151 e. The Hall–Kier alpha value is -1.32. The zero-order chi connectivity index (χ0) is 13.9. The molecule has 0 saturated heterocycles. The average molecular weight is 278 g/mol. The van der Waals surface area contributed by atoms with Crippen molar-refractivity contribution in [3.05, 3.63) is 23.8 Å². The normalized spacial score (nSPS) is 38.2. The van der Waals surface area contributed by atoms with E-state index in [1.54, 1.807) is 0 Å². The number of benzene rings is 1. The standard InChI is InChI=1S/C16H20F2N2/c17-12-4-13(18)15(19)14(5-12)20-16-6-9-1-10(7-16)3-11(2-9)8-16/h4-5,9-11,20H,1-3,6-8,19H2. The molecule has 0 spiro atoms. The maximum atomic E-state index is 13.6. The summed E-state index contributed by atoms with van der Waals surface area (Å²) in [5, 5.41) is 3.43. The molecule has 4 heteroatoms. The van der Waals surface area contributed by atoms with Crippen molar-refractivity contribution < 1.29 is 8.78 Å². The van der Waals surface area contributed by atoms with Gasteiger partial charge in [0.25, 0.3) is 0 Å². The summed E-state index contributed by atoms with van der Waals surface area (Å²) < 4.78 is 27.0. The SMILES string of the molecule is Nc1c(F)cc(F)cc1NC12CC3CC(CC(C3)C1)C2. The highest BCUT2D eigenvalue weighted by atomic mass is 19.1. The number of anilines is 2. The highest BCUT2D eigenvalue weighted by Gasteiger charge is 2.51. The van der Waals surface area contributed by atoms with Gasteiger partial charge in [0.1, 0.15) is 5.82 Å². The van der Waals surface area contributed by atoms with Gasteiger partial charge in [-0.3, -0.25) is 0 Å². The highest BCUT2D eigenvalue weighted by molar-refractivity contribution is 5.68. The second-order valence-electron chi connectivity index (χ2n) is 7.17. The van der Waals surface area contributed by atoms with Gasteiger partial charge in [0.05, 0.1) is 11.4 Å². The van der Waals surface area contributed by atoms with Crippen molar-refractivity contribution in [2.24, 2.45) is 17.8 Å². The molecule has 5 rings (SSSR count). The summed E-state index contributed by atoms with van der Waals surface area (Å²) in [6.45, 7) is 0. The van der Waals surface area contributed by atoms with E-state index in [1.165, 1.54) is 25.3 Å². The monoisotopic (exact) mass is 278 g/mol. The van der Waals surface area contributed by atoms with E-state index in [0.717, 1.165) is 43.1 Å². The van der Waals surface area contributed by atoms with E-state index in [0.29, 0.717) is 5.69 Å². The first-order valence-corrected chi connectivity index (χ1v) is 7.56. The molecule has 1 aromatic rings. The molecular weight excluding hydrogens is 258 g/mol. The second kappa shape index (κ2) is 4.09. The maximum Gasteiger partial charge on any atom is 0.151 e. The molecule has 0 radical (unpaired) electrons. The third kappa shape index (κ3) is 1.88. The van der Waals surface area contributed by atoms with Crippen LogP contribution in [0.5, 0.6) is 0 Å². The fourth-order valence-electron chi connectivity index (χ4n) is 5.24. The lowest BCUT2D eigenvalue weighted by Crippen LogP contribution is -2.54. The molecule has 20 heavy (non-hydrogen) atoms. The van der Waals surface area contributed by atoms with Gasteiger partial charge in [0.15, 0.2) is 5.82 Å². The minimum Gasteiger partial charge on any atom is -0.395 e.